The van der Waals surface area contributed by atoms with E-state index in [-0.39, 0.29) is 0 Å². The van der Waals surface area contributed by atoms with Gasteiger partial charge in [-0.1, -0.05) is 38.1 Å². The Kier molecular flexibility index (Phi) is 6.22. The fourth-order valence-corrected chi connectivity index (χ4v) is 2.95. The lowest BCUT2D eigenvalue weighted by molar-refractivity contribution is 0.166. The van der Waals surface area contributed by atoms with Crippen molar-refractivity contribution >= 4 is 0 Å². The van der Waals surface area contributed by atoms with Gasteiger partial charge in [0.05, 0.1) is 6.10 Å². The number of aliphatic hydroxyl groups excluding tert-OH is 1. The maximum absolute atomic E-state index is 10.3. The van der Waals surface area contributed by atoms with E-state index in [1.54, 1.807) is 0 Å². The third-order valence-electron chi connectivity index (χ3n) is 4.38. The van der Waals surface area contributed by atoms with Crippen molar-refractivity contribution in [1.29, 1.82) is 0 Å². The smallest absolute Gasteiger partial charge is 0.0914 e. The normalized spacial score (nSPS) is 19.1. The van der Waals surface area contributed by atoms with Gasteiger partial charge in [-0.15, -0.1) is 0 Å². The molecule has 1 fully saturated rings. The molecule has 2 rings (SSSR count). The lowest BCUT2D eigenvalue weighted by atomic mass is 10.00. The van der Waals surface area contributed by atoms with Crippen molar-refractivity contribution in [2.45, 2.75) is 51.7 Å². The largest absolute Gasteiger partial charge is 0.387 e. The number of nitrogens with one attached hydrogen (secondary N) is 1. The van der Waals surface area contributed by atoms with Gasteiger partial charge in [-0.3, -0.25) is 0 Å². The zero-order valence-electron chi connectivity index (χ0n) is 13.7. The number of nitrogens with zero attached hydrogens (tertiary/aromatic N) is 1. The first-order valence-electron chi connectivity index (χ1n) is 8.30. The van der Waals surface area contributed by atoms with E-state index >= 15 is 0 Å². The van der Waals surface area contributed by atoms with Gasteiger partial charge in [0.15, 0.2) is 0 Å². The van der Waals surface area contributed by atoms with Crippen LogP contribution in [-0.2, 0) is 0 Å². The van der Waals surface area contributed by atoms with Crippen LogP contribution in [0.4, 0.5) is 0 Å². The molecule has 21 heavy (non-hydrogen) atoms. The van der Waals surface area contributed by atoms with Gasteiger partial charge in [-0.05, 0) is 49.9 Å². The molecule has 1 aromatic rings. The topological polar surface area (TPSA) is 35.5 Å². The summed E-state index contributed by atoms with van der Waals surface area (Å²) in [4.78, 5) is 2.50. The molecule has 1 saturated heterocycles. The van der Waals surface area contributed by atoms with E-state index in [1.807, 2.05) is 12.1 Å². The van der Waals surface area contributed by atoms with Crippen LogP contribution in [0.2, 0.25) is 0 Å². The average molecular weight is 290 g/mol. The van der Waals surface area contributed by atoms with E-state index in [0.717, 1.165) is 12.1 Å². The average Bonchev–Trinajstić information content (AvgIpc) is 2.97. The third kappa shape index (κ3) is 5.10. The monoisotopic (exact) mass is 290 g/mol. The highest BCUT2D eigenvalue weighted by molar-refractivity contribution is 5.26. The molecule has 2 unspecified atom stereocenters. The van der Waals surface area contributed by atoms with Crippen LogP contribution in [0.3, 0.4) is 0 Å². The first-order chi connectivity index (χ1) is 10.1. The molecule has 0 bridgehead atoms. The zero-order chi connectivity index (χ0) is 15.2. The number of aliphatic hydroxyl groups is 1. The zero-order valence-corrected chi connectivity index (χ0v) is 13.7. The van der Waals surface area contributed by atoms with Crippen LogP contribution in [-0.4, -0.2) is 42.2 Å². The highest BCUT2D eigenvalue weighted by Crippen LogP contribution is 2.18. The molecule has 0 spiro atoms. The predicted octanol–water partition coefficient (Wildman–Crippen LogP) is 2.92. The predicted molar refractivity (Wildman–Crippen MR) is 88.6 cm³/mol. The van der Waals surface area contributed by atoms with Crippen LogP contribution < -0.4 is 5.32 Å². The van der Waals surface area contributed by atoms with Crippen LogP contribution in [0.1, 0.15) is 56.8 Å². The first-order valence-corrected chi connectivity index (χ1v) is 8.30. The number of hydrogen-bond acceptors (Lipinski definition) is 3. The Hall–Kier alpha value is -0.900. The molecular weight excluding hydrogens is 260 g/mol. The summed E-state index contributed by atoms with van der Waals surface area (Å²) < 4.78 is 0. The molecule has 0 aliphatic carbocycles. The Morgan fingerprint density at radius 3 is 2.19 bits per heavy atom. The van der Waals surface area contributed by atoms with Crippen LogP contribution in [0.25, 0.3) is 0 Å². The van der Waals surface area contributed by atoms with Gasteiger partial charge in [-0.25, -0.2) is 0 Å². The van der Waals surface area contributed by atoms with Crippen LogP contribution in [0.15, 0.2) is 24.3 Å². The first kappa shape index (κ1) is 16.5. The number of rotatable bonds is 7. The molecule has 2 atom stereocenters. The Morgan fingerprint density at radius 2 is 1.62 bits per heavy atom. The summed E-state index contributed by atoms with van der Waals surface area (Å²) in [6.07, 6.45) is 2.24. The maximum Gasteiger partial charge on any atom is 0.0914 e. The Labute approximate surface area is 129 Å². The summed E-state index contributed by atoms with van der Waals surface area (Å²) in [5, 5.41) is 13.7. The van der Waals surface area contributed by atoms with Gasteiger partial charge in [0.1, 0.15) is 0 Å². The minimum absolute atomic E-state index is 0.424. The van der Waals surface area contributed by atoms with Gasteiger partial charge < -0.3 is 15.3 Å². The summed E-state index contributed by atoms with van der Waals surface area (Å²) in [7, 11) is 0. The molecule has 1 aliphatic heterocycles. The van der Waals surface area contributed by atoms with Gasteiger partial charge in [-0.2, -0.15) is 0 Å². The van der Waals surface area contributed by atoms with Crippen molar-refractivity contribution in [3.05, 3.63) is 35.4 Å². The highest BCUT2D eigenvalue weighted by Gasteiger charge is 2.15. The van der Waals surface area contributed by atoms with Crippen molar-refractivity contribution in [3.63, 3.8) is 0 Å². The molecule has 1 aliphatic rings. The fourth-order valence-electron chi connectivity index (χ4n) is 2.95. The molecule has 0 radical (unpaired) electrons. The molecular formula is C18H30N2O. The molecule has 2 N–H and O–H groups in total. The van der Waals surface area contributed by atoms with Gasteiger partial charge >= 0.3 is 0 Å². The van der Waals surface area contributed by atoms with Crippen LogP contribution in [0, 0.1) is 0 Å². The molecule has 0 amide bonds. The SMILES string of the molecule is CC(CN1CCCC1)NCC(O)c1ccc(C(C)C)cc1. The standard InChI is InChI=1S/C18H30N2O/c1-14(2)16-6-8-17(9-7-16)18(21)12-19-15(3)13-20-10-4-5-11-20/h6-9,14-15,18-19,21H,4-5,10-13H2,1-3H3. The second-order valence-electron chi connectivity index (χ2n) is 6.65. The van der Waals surface area contributed by atoms with E-state index in [0.29, 0.717) is 18.5 Å². The third-order valence-corrected chi connectivity index (χ3v) is 4.38. The lowest BCUT2D eigenvalue weighted by Gasteiger charge is -2.22. The van der Waals surface area contributed by atoms with E-state index in [1.165, 1.54) is 31.5 Å². The van der Waals surface area contributed by atoms with E-state index < -0.39 is 6.10 Å². The number of hydrogen-bond donors (Lipinski definition) is 2. The summed E-state index contributed by atoms with van der Waals surface area (Å²) in [5.74, 6) is 0.537. The van der Waals surface area contributed by atoms with Gasteiger partial charge in [0.25, 0.3) is 0 Å². The summed E-state index contributed by atoms with van der Waals surface area (Å²) >= 11 is 0. The van der Waals surface area contributed by atoms with Gasteiger partial charge in [0, 0.05) is 19.1 Å². The second-order valence-corrected chi connectivity index (χ2v) is 6.65. The second kappa shape index (κ2) is 7.92. The minimum Gasteiger partial charge on any atom is -0.387 e. The Bertz CT molecular complexity index is 410. The number of likely N-dealkylation sites (tertiary alicyclic amines) is 1. The van der Waals surface area contributed by atoms with Crippen molar-refractivity contribution in [2.75, 3.05) is 26.2 Å². The van der Waals surface area contributed by atoms with Gasteiger partial charge in [0.2, 0.25) is 0 Å². The molecule has 3 nitrogen and oxygen atoms in total. The summed E-state index contributed by atoms with van der Waals surface area (Å²) in [6, 6.07) is 8.76. The van der Waals surface area contributed by atoms with Crippen molar-refractivity contribution in [2.24, 2.45) is 0 Å². The highest BCUT2D eigenvalue weighted by atomic mass is 16.3. The molecule has 1 heterocycles. The molecule has 3 heteroatoms. The molecule has 0 aromatic heterocycles. The van der Waals surface area contributed by atoms with E-state index in [9.17, 15) is 5.11 Å². The Balaban J connectivity index is 1.76. The van der Waals surface area contributed by atoms with E-state index in [4.69, 9.17) is 0 Å². The quantitative estimate of drug-likeness (QED) is 0.810. The molecule has 0 saturated carbocycles. The van der Waals surface area contributed by atoms with Crippen molar-refractivity contribution in [1.82, 2.24) is 10.2 Å². The minimum atomic E-state index is -0.424. The molecule has 1 aromatic carbocycles. The molecule has 118 valence electrons. The fraction of sp³-hybridized carbons (Fsp3) is 0.667. The van der Waals surface area contributed by atoms with Crippen molar-refractivity contribution in [3.8, 4) is 0 Å². The van der Waals surface area contributed by atoms with Crippen LogP contribution in [0.5, 0.6) is 0 Å². The Morgan fingerprint density at radius 1 is 1.05 bits per heavy atom. The summed E-state index contributed by atoms with van der Waals surface area (Å²) in [6.45, 7) is 10.7. The van der Waals surface area contributed by atoms with Crippen LogP contribution >= 0.6 is 0 Å². The lowest BCUT2D eigenvalue weighted by Crippen LogP contribution is -2.39. The summed E-state index contributed by atoms with van der Waals surface area (Å²) in [5.41, 5.74) is 2.32. The van der Waals surface area contributed by atoms with E-state index in [2.05, 4.69) is 43.1 Å². The number of benzene rings is 1. The maximum atomic E-state index is 10.3. The van der Waals surface area contributed by atoms with Crippen molar-refractivity contribution < 1.29 is 5.11 Å².